The fourth-order valence-corrected chi connectivity index (χ4v) is 4.77. The summed E-state index contributed by atoms with van der Waals surface area (Å²) in [4.78, 5) is 18.6. The second kappa shape index (κ2) is 10.9. The number of carbonyl (C=O) groups excluding carboxylic acids is 1. The number of carbonyl (C=O) groups is 1. The van der Waals surface area contributed by atoms with Gasteiger partial charge in [-0.25, -0.2) is 4.68 Å². The van der Waals surface area contributed by atoms with Gasteiger partial charge in [-0.15, -0.1) is 5.10 Å². The molecular weight excluding hydrogens is 541 g/mol. The maximum absolute atomic E-state index is 13.9. The van der Waals surface area contributed by atoms with Crippen molar-refractivity contribution < 1.29 is 19.0 Å². The van der Waals surface area contributed by atoms with Gasteiger partial charge in [0.05, 0.1) is 42.6 Å². The molecule has 1 aliphatic heterocycles. The maximum Gasteiger partial charge on any atom is 0.255 e. The monoisotopic (exact) mass is 565 g/mol. The van der Waals surface area contributed by atoms with E-state index in [1.807, 2.05) is 25.1 Å². The number of hydrogen-bond acceptors (Lipinski definition) is 7. The Labute approximate surface area is 235 Å². The standard InChI is InChI=1S/C28H25Cl2N5O4/c1-15-24(27(36)32-21-7-5-6-8-22(21)38-3)25(18-11-10-17(37-2)14-23(18)39-4)35-28(31-15)33-26(34-35)16-9-12-19(29)20(30)13-16/h5-14,25H,1-4H3,(H,32,36)(H,31,33,34). The minimum Gasteiger partial charge on any atom is -0.497 e. The zero-order chi connectivity index (χ0) is 27.7. The van der Waals surface area contributed by atoms with Crippen LogP contribution in [0.3, 0.4) is 0 Å². The van der Waals surface area contributed by atoms with E-state index >= 15 is 0 Å². The van der Waals surface area contributed by atoms with Gasteiger partial charge in [-0.05, 0) is 49.4 Å². The van der Waals surface area contributed by atoms with Crippen LogP contribution in [0.4, 0.5) is 11.6 Å². The number of nitrogens with one attached hydrogen (secondary N) is 2. The summed E-state index contributed by atoms with van der Waals surface area (Å²) in [6.07, 6.45) is 0. The van der Waals surface area contributed by atoms with Crippen molar-refractivity contribution in [3.8, 4) is 28.6 Å². The number of rotatable bonds is 7. The number of benzene rings is 3. The topological polar surface area (TPSA) is 99.5 Å². The Morgan fingerprint density at radius 2 is 1.72 bits per heavy atom. The van der Waals surface area contributed by atoms with Gasteiger partial charge in [0.2, 0.25) is 5.95 Å². The van der Waals surface area contributed by atoms with Crippen molar-refractivity contribution in [2.75, 3.05) is 32.0 Å². The predicted molar refractivity (Wildman–Crippen MR) is 151 cm³/mol. The molecule has 0 radical (unpaired) electrons. The Morgan fingerprint density at radius 1 is 0.949 bits per heavy atom. The fraction of sp³-hybridized carbons (Fsp3) is 0.179. The number of allylic oxidation sites excluding steroid dienone is 1. The molecule has 0 aliphatic carbocycles. The zero-order valence-electron chi connectivity index (χ0n) is 21.6. The normalized spacial score (nSPS) is 14.4. The number of nitrogens with zero attached hydrogens (tertiary/aromatic N) is 3. The van der Waals surface area contributed by atoms with Gasteiger partial charge in [0.1, 0.15) is 23.3 Å². The molecular formula is C28H25Cl2N5O4. The van der Waals surface area contributed by atoms with Crippen molar-refractivity contribution >= 4 is 40.7 Å². The third-order valence-corrected chi connectivity index (χ3v) is 7.10. The maximum atomic E-state index is 13.9. The SMILES string of the molecule is COc1ccc(C2C(C(=O)Nc3ccccc3OC)=C(C)Nc3nc(-c4ccc(Cl)c(Cl)c4)nn32)c(OC)c1. The number of methoxy groups -OCH3 is 3. The van der Waals surface area contributed by atoms with E-state index in [1.165, 1.54) is 0 Å². The number of hydrogen-bond donors (Lipinski definition) is 2. The summed E-state index contributed by atoms with van der Waals surface area (Å²) in [6, 6.07) is 17.1. The van der Waals surface area contributed by atoms with E-state index in [4.69, 9.17) is 47.5 Å². The molecule has 0 spiro atoms. The van der Waals surface area contributed by atoms with Crippen LogP contribution in [0.5, 0.6) is 17.2 Å². The summed E-state index contributed by atoms with van der Waals surface area (Å²) < 4.78 is 18.2. The molecule has 200 valence electrons. The Morgan fingerprint density at radius 3 is 2.44 bits per heavy atom. The third kappa shape index (κ3) is 4.98. The van der Waals surface area contributed by atoms with E-state index in [9.17, 15) is 4.79 Å². The molecule has 1 amide bonds. The second-order valence-corrected chi connectivity index (χ2v) is 9.48. The first kappa shape index (κ1) is 26.4. The molecule has 0 saturated carbocycles. The van der Waals surface area contributed by atoms with Gasteiger partial charge in [-0.2, -0.15) is 4.98 Å². The lowest BCUT2D eigenvalue weighted by Gasteiger charge is -2.29. The number of para-hydroxylation sites is 2. The van der Waals surface area contributed by atoms with Crippen molar-refractivity contribution in [3.05, 3.63) is 87.5 Å². The molecule has 2 N–H and O–H groups in total. The van der Waals surface area contributed by atoms with Gasteiger partial charge in [0, 0.05) is 22.9 Å². The van der Waals surface area contributed by atoms with Gasteiger partial charge < -0.3 is 24.8 Å². The van der Waals surface area contributed by atoms with Crippen LogP contribution < -0.4 is 24.8 Å². The van der Waals surface area contributed by atoms with Crippen LogP contribution >= 0.6 is 23.2 Å². The fourth-order valence-electron chi connectivity index (χ4n) is 4.47. The van der Waals surface area contributed by atoms with Crippen LogP contribution in [-0.4, -0.2) is 42.0 Å². The molecule has 0 bridgehead atoms. The zero-order valence-corrected chi connectivity index (χ0v) is 23.1. The molecule has 0 fully saturated rings. The molecule has 5 rings (SSSR count). The molecule has 9 nitrogen and oxygen atoms in total. The number of aromatic nitrogens is 3. The summed E-state index contributed by atoms with van der Waals surface area (Å²) >= 11 is 12.4. The highest BCUT2D eigenvalue weighted by Crippen LogP contribution is 2.42. The molecule has 3 aromatic carbocycles. The van der Waals surface area contributed by atoms with E-state index < -0.39 is 6.04 Å². The summed E-state index contributed by atoms with van der Waals surface area (Å²) in [6.45, 7) is 1.82. The van der Waals surface area contributed by atoms with Gasteiger partial charge in [0.15, 0.2) is 5.82 Å². The van der Waals surface area contributed by atoms with Crippen LogP contribution in [0.2, 0.25) is 10.0 Å². The van der Waals surface area contributed by atoms with E-state index in [2.05, 4.69) is 10.6 Å². The second-order valence-electron chi connectivity index (χ2n) is 8.66. The third-order valence-electron chi connectivity index (χ3n) is 6.37. The van der Waals surface area contributed by atoms with E-state index in [0.717, 1.165) is 0 Å². The number of amides is 1. The smallest absolute Gasteiger partial charge is 0.255 e. The van der Waals surface area contributed by atoms with Crippen molar-refractivity contribution in [2.24, 2.45) is 0 Å². The number of fused-ring (bicyclic) bond motifs is 1. The van der Waals surface area contributed by atoms with E-state index in [-0.39, 0.29) is 5.91 Å². The van der Waals surface area contributed by atoms with Crippen molar-refractivity contribution in [1.29, 1.82) is 0 Å². The highest BCUT2D eigenvalue weighted by atomic mass is 35.5. The quantitative estimate of drug-likeness (QED) is 0.275. The average Bonchev–Trinajstić information content (AvgIpc) is 3.37. The molecule has 2 heterocycles. The van der Waals surface area contributed by atoms with Gasteiger partial charge in [-0.3, -0.25) is 4.79 Å². The highest BCUT2D eigenvalue weighted by molar-refractivity contribution is 6.42. The van der Waals surface area contributed by atoms with Gasteiger partial charge in [-0.1, -0.05) is 35.3 Å². The lowest BCUT2D eigenvalue weighted by molar-refractivity contribution is -0.113. The molecule has 11 heteroatoms. The predicted octanol–water partition coefficient (Wildman–Crippen LogP) is 6.21. The largest absolute Gasteiger partial charge is 0.497 e. The number of anilines is 2. The first-order valence-electron chi connectivity index (χ1n) is 11.9. The van der Waals surface area contributed by atoms with E-state index in [1.54, 1.807) is 68.5 Å². The Bertz CT molecular complexity index is 1600. The molecule has 39 heavy (non-hydrogen) atoms. The molecule has 1 aromatic heterocycles. The van der Waals surface area contributed by atoms with Crippen molar-refractivity contribution in [3.63, 3.8) is 0 Å². The first-order valence-corrected chi connectivity index (χ1v) is 12.7. The van der Waals surface area contributed by atoms with Crippen molar-refractivity contribution in [2.45, 2.75) is 13.0 Å². The van der Waals surface area contributed by atoms with Crippen LogP contribution in [0.25, 0.3) is 11.4 Å². The first-order chi connectivity index (χ1) is 18.8. The summed E-state index contributed by atoms with van der Waals surface area (Å²) in [5.41, 5.74) is 2.92. The van der Waals surface area contributed by atoms with E-state index in [0.29, 0.717) is 67.2 Å². The summed E-state index contributed by atoms with van der Waals surface area (Å²) in [5.74, 6) is 2.19. The lowest BCUT2D eigenvalue weighted by atomic mass is 9.94. The lowest BCUT2D eigenvalue weighted by Crippen LogP contribution is -2.31. The molecule has 1 unspecified atom stereocenters. The van der Waals surface area contributed by atoms with Gasteiger partial charge >= 0.3 is 0 Å². The highest BCUT2D eigenvalue weighted by Gasteiger charge is 2.36. The molecule has 4 aromatic rings. The van der Waals surface area contributed by atoms with Crippen LogP contribution in [-0.2, 0) is 4.79 Å². The van der Waals surface area contributed by atoms with Gasteiger partial charge in [0.25, 0.3) is 5.91 Å². The van der Waals surface area contributed by atoms with Crippen molar-refractivity contribution in [1.82, 2.24) is 14.8 Å². The molecule has 0 saturated heterocycles. The Kier molecular flexibility index (Phi) is 7.36. The summed E-state index contributed by atoms with van der Waals surface area (Å²) in [7, 11) is 4.69. The molecule has 1 atom stereocenters. The minimum atomic E-state index is -0.694. The van der Waals surface area contributed by atoms with Crippen LogP contribution in [0.15, 0.2) is 71.9 Å². The molecule has 1 aliphatic rings. The Hall–Kier alpha value is -4.21. The Balaban J connectivity index is 1.65. The average molecular weight is 566 g/mol. The van der Waals surface area contributed by atoms with Crippen LogP contribution in [0, 0.1) is 0 Å². The minimum absolute atomic E-state index is 0.343. The summed E-state index contributed by atoms with van der Waals surface area (Å²) in [5, 5.41) is 11.8. The number of halogens is 2. The van der Waals surface area contributed by atoms with Crippen LogP contribution in [0.1, 0.15) is 18.5 Å². The number of ether oxygens (including phenoxy) is 3.